The molecule has 290 valence electrons. The summed E-state index contributed by atoms with van der Waals surface area (Å²) in [4.78, 5) is 25.4. The third-order valence-electron chi connectivity index (χ3n) is 11.4. The van der Waals surface area contributed by atoms with Crippen LogP contribution in [-0.4, -0.2) is 24.9 Å². The van der Waals surface area contributed by atoms with Crippen molar-refractivity contribution >= 4 is 43.9 Å². The van der Waals surface area contributed by atoms with E-state index >= 15 is 0 Å². The highest BCUT2D eigenvalue weighted by atomic mass is 16.3. The Morgan fingerprint density at radius 1 is 0.258 bits per heavy atom. The molecule has 0 aliphatic rings. The predicted octanol–water partition coefficient (Wildman–Crippen LogP) is 14.1. The van der Waals surface area contributed by atoms with Crippen LogP contribution in [0.2, 0.25) is 0 Å². The van der Waals surface area contributed by atoms with Gasteiger partial charge in [0.1, 0.15) is 22.3 Å². The van der Waals surface area contributed by atoms with Crippen LogP contribution in [0.4, 0.5) is 0 Å². The van der Waals surface area contributed by atoms with Gasteiger partial charge < -0.3 is 8.83 Å². The number of hydrogen-bond acceptors (Lipinski definition) is 7. The van der Waals surface area contributed by atoms with Crippen molar-refractivity contribution < 1.29 is 8.83 Å². The maximum atomic E-state index is 6.51. The molecule has 8 aromatic carbocycles. The van der Waals surface area contributed by atoms with E-state index in [0.29, 0.717) is 23.3 Å². The average Bonchev–Trinajstić information content (AvgIpc) is 3.93. The van der Waals surface area contributed by atoms with Crippen LogP contribution in [0.15, 0.2) is 209 Å². The van der Waals surface area contributed by atoms with Crippen LogP contribution in [0.5, 0.6) is 0 Å². The van der Waals surface area contributed by atoms with E-state index in [1.54, 1.807) is 0 Å². The van der Waals surface area contributed by atoms with Crippen LogP contribution in [0.1, 0.15) is 0 Å². The first-order valence-electron chi connectivity index (χ1n) is 20.5. The van der Waals surface area contributed by atoms with Crippen LogP contribution in [0, 0.1) is 0 Å². The molecular formula is C55H33N5O2. The quantitative estimate of drug-likeness (QED) is 0.159. The summed E-state index contributed by atoms with van der Waals surface area (Å²) in [5.41, 5.74) is 12.5. The number of furan rings is 2. The molecule has 0 spiro atoms. The van der Waals surface area contributed by atoms with Crippen molar-refractivity contribution in [1.29, 1.82) is 0 Å². The Morgan fingerprint density at radius 3 is 1.08 bits per heavy atom. The smallest absolute Gasteiger partial charge is 0.164 e. The molecule has 62 heavy (non-hydrogen) atoms. The molecule has 0 saturated heterocycles. The van der Waals surface area contributed by atoms with E-state index in [2.05, 4.69) is 72.8 Å². The Bertz CT molecular complexity index is 3270. The number of rotatable bonds is 7. The highest BCUT2D eigenvalue weighted by Gasteiger charge is 2.20. The predicted molar refractivity (Wildman–Crippen MR) is 248 cm³/mol. The van der Waals surface area contributed by atoms with Gasteiger partial charge in [0.15, 0.2) is 23.3 Å². The second-order valence-corrected chi connectivity index (χ2v) is 15.2. The van der Waals surface area contributed by atoms with Crippen LogP contribution in [0.3, 0.4) is 0 Å². The van der Waals surface area contributed by atoms with Crippen LogP contribution in [-0.2, 0) is 0 Å². The zero-order valence-corrected chi connectivity index (χ0v) is 33.1. The standard InChI is InChI=1S/C55H33N5O2/c1-5-15-34(16-6-1)44-33-45(35-17-7-2-8-18-35)57-54(56-44)40-23-13-25-48-50(40)42-31-38(27-29-46(42)61-48)39-28-30-47-43(32-39)51-41(24-14-26-49(51)62-47)55-59-52(36-19-9-3-10-20-36)58-53(60-55)37-21-11-4-12-22-37/h1-33H. The van der Waals surface area contributed by atoms with E-state index < -0.39 is 0 Å². The third kappa shape index (κ3) is 6.19. The molecule has 0 N–H and O–H groups in total. The van der Waals surface area contributed by atoms with Gasteiger partial charge in [-0.3, -0.25) is 0 Å². The summed E-state index contributed by atoms with van der Waals surface area (Å²) in [5, 5.41) is 3.85. The molecular weight excluding hydrogens is 763 g/mol. The molecule has 0 radical (unpaired) electrons. The zero-order valence-electron chi connectivity index (χ0n) is 33.1. The lowest BCUT2D eigenvalue weighted by Crippen LogP contribution is -2.00. The van der Waals surface area contributed by atoms with Crippen molar-refractivity contribution in [2.75, 3.05) is 0 Å². The zero-order chi connectivity index (χ0) is 41.0. The second-order valence-electron chi connectivity index (χ2n) is 15.2. The van der Waals surface area contributed by atoms with Gasteiger partial charge in [0, 0.05) is 54.9 Å². The molecule has 12 aromatic rings. The van der Waals surface area contributed by atoms with E-state index in [1.165, 1.54) is 0 Å². The van der Waals surface area contributed by atoms with E-state index in [-0.39, 0.29) is 0 Å². The molecule has 0 saturated carbocycles. The summed E-state index contributed by atoms with van der Waals surface area (Å²) in [5.74, 6) is 2.41. The first kappa shape index (κ1) is 35.4. The summed E-state index contributed by atoms with van der Waals surface area (Å²) in [6, 6.07) is 67.5. The van der Waals surface area contributed by atoms with E-state index in [4.69, 9.17) is 33.8 Å². The van der Waals surface area contributed by atoms with Crippen molar-refractivity contribution in [3.05, 3.63) is 200 Å². The molecule has 4 heterocycles. The number of fused-ring (bicyclic) bond motifs is 6. The van der Waals surface area contributed by atoms with Crippen LogP contribution in [0.25, 0.3) is 123 Å². The summed E-state index contributed by atoms with van der Waals surface area (Å²) in [6.07, 6.45) is 0. The summed E-state index contributed by atoms with van der Waals surface area (Å²) in [7, 11) is 0. The monoisotopic (exact) mass is 795 g/mol. The van der Waals surface area contributed by atoms with Gasteiger partial charge in [-0.25, -0.2) is 24.9 Å². The van der Waals surface area contributed by atoms with E-state index in [1.807, 2.05) is 127 Å². The molecule has 7 heteroatoms. The number of hydrogen-bond donors (Lipinski definition) is 0. The first-order valence-corrected chi connectivity index (χ1v) is 20.5. The maximum Gasteiger partial charge on any atom is 0.164 e. The fourth-order valence-corrected chi connectivity index (χ4v) is 8.40. The Kier molecular flexibility index (Phi) is 8.35. The van der Waals surface area contributed by atoms with Crippen molar-refractivity contribution in [3.63, 3.8) is 0 Å². The first-order chi connectivity index (χ1) is 30.7. The maximum absolute atomic E-state index is 6.51. The van der Waals surface area contributed by atoms with E-state index in [0.717, 1.165) is 99.8 Å². The largest absolute Gasteiger partial charge is 0.456 e. The fraction of sp³-hybridized carbons (Fsp3) is 0. The van der Waals surface area contributed by atoms with Gasteiger partial charge in [-0.1, -0.05) is 158 Å². The Hall–Kier alpha value is -8.55. The molecule has 0 aliphatic carbocycles. The lowest BCUT2D eigenvalue weighted by molar-refractivity contribution is 0.668. The van der Waals surface area contributed by atoms with Crippen LogP contribution >= 0.6 is 0 Å². The second kappa shape index (κ2) is 14.6. The molecule has 0 bridgehead atoms. The van der Waals surface area contributed by atoms with Gasteiger partial charge in [-0.2, -0.15) is 0 Å². The van der Waals surface area contributed by atoms with Gasteiger partial charge in [0.2, 0.25) is 0 Å². The van der Waals surface area contributed by atoms with Gasteiger partial charge >= 0.3 is 0 Å². The van der Waals surface area contributed by atoms with Crippen molar-refractivity contribution in [2.45, 2.75) is 0 Å². The SMILES string of the molecule is c1ccc(-c2cc(-c3ccccc3)nc(-c3cccc4oc5ccc(-c6ccc7oc8cccc(-c9nc(-c%10ccccc%10)nc(-c%10ccccc%10)n9)c8c7c6)cc5c34)n2)cc1. The minimum atomic E-state index is 0.573. The summed E-state index contributed by atoms with van der Waals surface area (Å²) < 4.78 is 13.0. The van der Waals surface area contributed by atoms with E-state index in [9.17, 15) is 0 Å². The molecule has 12 rings (SSSR count). The van der Waals surface area contributed by atoms with Gasteiger partial charge in [-0.15, -0.1) is 0 Å². The topological polar surface area (TPSA) is 90.7 Å². The number of aromatic nitrogens is 5. The lowest BCUT2D eigenvalue weighted by Gasteiger charge is -2.10. The number of nitrogens with zero attached hydrogens (tertiary/aromatic N) is 5. The Labute approximate surface area is 355 Å². The van der Waals surface area contributed by atoms with Crippen molar-refractivity contribution in [3.8, 4) is 79.2 Å². The van der Waals surface area contributed by atoms with Gasteiger partial charge in [-0.05, 0) is 53.6 Å². The third-order valence-corrected chi connectivity index (χ3v) is 11.4. The average molecular weight is 796 g/mol. The highest BCUT2D eigenvalue weighted by molar-refractivity contribution is 6.15. The highest BCUT2D eigenvalue weighted by Crippen LogP contribution is 2.41. The van der Waals surface area contributed by atoms with Crippen molar-refractivity contribution in [2.24, 2.45) is 0 Å². The molecule has 0 aliphatic heterocycles. The number of benzene rings is 8. The fourth-order valence-electron chi connectivity index (χ4n) is 8.40. The minimum absolute atomic E-state index is 0.573. The van der Waals surface area contributed by atoms with Gasteiger partial charge in [0.05, 0.1) is 11.4 Å². The molecule has 0 unspecified atom stereocenters. The Balaban J connectivity index is 1.01. The minimum Gasteiger partial charge on any atom is -0.456 e. The molecule has 0 amide bonds. The lowest BCUT2D eigenvalue weighted by atomic mass is 9.98. The van der Waals surface area contributed by atoms with Crippen LogP contribution < -0.4 is 0 Å². The summed E-state index contributed by atoms with van der Waals surface area (Å²) >= 11 is 0. The molecule has 0 atom stereocenters. The molecule has 0 fully saturated rings. The molecule has 7 nitrogen and oxygen atoms in total. The Morgan fingerprint density at radius 2 is 0.645 bits per heavy atom. The summed E-state index contributed by atoms with van der Waals surface area (Å²) in [6.45, 7) is 0. The molecule has 4 aromatic heterocycles. The van der Waals surface area contributed by atoms with Crippen molar-refractivity contribution in [1.82, 2.24) is 24.9 Å². The van der Waals surface area contributed by atoms with Gasteiger partial charge in [0.25, 0.3) is 0 Å². The normalized spacial score (nSPS) is 11.5.